The molecule has 0 saturated heterocycles. The third-order valence-electron chi connectivity index (χ3n) is 3.74. The van der Waals surface area contributed by atoms with E-state index in [1.807, 2.05) is 6.07 Å². The fourth-order valence-electron chi connectivity index (χ4n) is 2.43. The van der Waals surface area contributed by atoms with E-state index in [0.717, 1.165) is 0 Å². The van der Waals surface area contributed by atoms with Crippen molar-refractivity contribution in [2.75, 3.05) is 27.9 Å². The van der Waals surface area contributed by atoms with Gasteiger partial charge >= 0.3 is 8.80 Å². The van der Waals surface area contributed by atoms with Crippen molar-refractivity contribution in [2.45, 2.75) is 12.5 Å². The van der Waals surface area contributed by atoms with Gasteiger partial charge in [0.15, 0.2) is 11.8 Å². The molecule has 1 heterocycles. The highest BCUT2D eigenvalue weighted by Crippen LogP contribution is 2.28. The minimum atomic E-state index is -2.58. The molecule has 0 aliphatic carbocycles. The van der Waals surface area contributed by atoms with Crippen LogP contribution in [0.3, 0.4) is 0 Å². The average molecular weight is 353 g/mol. The van der Waals surface area contributed by atoms with E-state index >= 15 is 0 Å². The molecular formula is C16H23NO6Si. The first kappa shape index (κ1) is 18.3. The third kappa shape index (κ3) is 4.09. The number of aromatic nitrogens is 1. The normalized spacial score (nSPS) is 11.6. The molecule has 1 aromatic carbocycles. The highest BCUT2D eigenvalue weighted by atomic mass is 28.4. The van der Waals surface area contributed by atoms with Crippen LogP contribution >= 0.6 is 0 Å². The summed E-state index contributed by atoms with van der Waals surface area (Å²) < 4.78 is 23.1. The van der Waals surface area contributed by atoms with Gasteiger partial charge < -0.3 is 28.2 Å². The molecule has 0 aliphatic heterocycles. The average Bonchev–Trinajstić information content (AvgIpc) is 2.94. The van der Waals surface area contributed by atoms with E-state index in [4.69, 9.17) is 18.0 Å². The lowest BCUT2D eigenvalue weighted by Crippen LogP contribution is -2.42. The van der Waals surface area contributed by atoms with Gasteiger partial charge in [-0.3, -0.25) is 4.57 Å². The van der Waals surface area contributed by atoms with Crippen molar-refractivity contribution in [2.24, 2.45) is 0 Å². The van der Waals surface area contributed by atoms with Crippen LogP contribution in [0.15, 0.2) is 36.4 Å². The van der Waals surface area contributed by atoms with Gasteiger partial charge in [-0.15, -0.1) is 0 Å². The van der Waals surface area contributed by atoms with Crippen LogP contribution in [0.25, 0.3) is 5.69 Å². The van der Waals surface area contributed by atoms with Gasteiger partial charge in [0.25, 0.3) is 0 Å². The second-order valence-electron chi connectivity index (χ2n) is 5.13. The fourth-order valence-corrected chi connectivity index (χ4v) is 4.12. The zero-order valence-electron chi connectivity index (χ0n) is 14.1. The van der Waals surface area contributed by atoms with Crippen LogP contribution in [-0.4, -0.2) is 51.5 Å². The fraction of sp³-hybridized carbons (Fsp3) is 0.375. The SMILES string of the molecule is CO[Si](CCCOc1cccc(-n2c(O)ccc2O)c1)(OC)OC. The molecule has 132 valence electrons. The molecule has 2 aromatic rings. The summed E-state index contributed by atoms with van der Waals surface area (Å²) in [4.78, 5) is 0. The third-order valence-corrected chi connectivity index (χ3v) is 6.58. The molecule has 0 fully saturated rings. The molecule has 0 radical (unpaired) electrons. The maximum absolute atomic E-state index is 9.79. The smallest absolute Gasteiger partial charge is 0.494 e. The standard InChI is InChI=1S/C16H23NO6Si/c1-20-24(21-2,22-3)11-5-10-23-14-7-4-6-13(12-14)17-15(18)8-9-16(17)19/h4,6-9,12,18-19H,5,10-11H2,1-3H3. The van der Waals surface area contributed by atoms with Gasteiger partial charge in [-0.25, -0.2) is 0 Å². The summed E-state index contributed by atoms with van der Waals surface area (Å²) in [6.07, 6.45) is 0.714. The largest absolute Gasteiger partial charge is 0.500 e. The zero-order valence-corrected chi connectivity index (χ0v) is 15.1. The van der Waals surface area contributed by atoms with Crippen molar-refractivity contribution in [3.05, 3.63) is 36.4 Å². The molecule has 2 N–H and O–H groups in total. The van der Waals surface area contributed by atoms with Crippen LogP contribution in [0.2, 0.25) is 6.04 Å². The maximum Gasteiger partial charge on any atom is 0.500 e. The minimum absolute atomic E-state index is 0.0410. The quantitative estimate of drug-likeness (QED) is 0.532. The number of hydrogen-bond acceptors (Lipinski definition) is 6. The lowest BCUT2D eigenvalue weighted by Gasteiger charge is -2.24. The van der Waals surface area contributed by atoms with Crippen molar-refractivity contribution in [1.82, 2.24) is 4.57 Å². The van der Waals surface area contributed by atoms with Crippen molar-refractivity contribution in [3.63, 3.8) is 0 Å². The molecule has 24 heavy (non-hydrogen) atoms. The van der Waals surface area contributed by atoms with Crippen LogP contribution in [0.5, 0.6) is 17.5 Å². The van der Waals surface area contributed by atoms with Crippen molar-refractivity contribution >= 4 is 8.80 Å². The number of aromatic hydroxyl groups is 2. The Balaban J connectivity index is 1.96. The molecule has 0 unspecified atom stereocenters. The first-order valence-corrected chi connectivity index (χ1v) is 9.47. The van der Waals surface area contributed by atoms with Crippen LogP contribution < -0.4 is 4.74 Å². The summed E-state index contributed by atoms with van der Waals surface area (Å²) in [6.45, 7) is 0.470. The van der Waals surface area contributed by atoms with Crippen LogP contribution in [0.1, 0.15) is 6.42 Å². The Bertz CT molecular complexity index is 628. The van der Waals surface area contributed by atoms with Gasteiger partial charge in [0.2, 0.25) is 0 Å². The number of hydrogen-bond donors (Lipinski definition) is 2. The topological polar surface area (TPSA) is 82.3 Å². The minimum Gasteiger partial charge on any atom is -0.494 e. The number of rotatable bonds is 9. The van der Waals surface area contributed by atoms with E-state index in [1.54, 1.807) is 39.5 Å². The molecule has 0 amide bonds. The van der Waals surface area contributed by atoms with Gasteiger partial charge in [0, 0.05) is 45.6 Å². The lowest BCUT2D eigenvalue weighted by atomic mass is 10.3. The second-order valence-corrected chi connectivity index (χ2v) is 8.22. The summed E-state index contributed by atoms with van der Waals surface area (Å²) in [5.41, 5.74) is 0.613. The number of benzene rings is 1. The molecule has 0 saturated carbocycles. The Morgan fingerprint density at radius 1 is 0.958 bits per heavy atom. The molecular weight excluding hydrogens is 330 g/mol. The van der Waals surface area contributed by atoms with Gasteiger partial charge in [0.1, 0.15) is 5.75 Å². The van der Waals surface area contributed by atoms with E-state index < -0.39 is 8.80 Å². The molecule has 2 rings (SSSR count). The van der Waals surface area contributed by atoms with Crippen molar-refractivity contribution in [3.8, 4) is 23.2 Å². The molecule has 0 spiro atoms. The van der Waals surface area contributed by atoms with Crippen molar-refractivity contribution < 1.29 is 28.2 Å². The Morgan fingerprint density at radius 3 is 2.17 bits per heavy atom. The Labute approximate surface area is 142 Å². The van der Waals surface area contributed by atoms with E-state index in [9.17, 15) is 10.2 Å². The molecule has 0 atom stereocenters. The highest BCUT2D eigenvalue weighted by Gasteiger charge is 2.36. The summed E-state index contributed by atoms with van der Waals surface area (Å²) in [7, 11) is 2.17. The Hall–Kier alpha value is -2.00. The van der Waals surface area contributed by atoms with Crippen LogP contribution in [-0.2, 0) is 13.3 Å². The summed E-state index contributed by atoms with van der Waals surface area (Å²) in [5.74, 6) is 0.556. The first-order valence-electron chi connectivity index (χ1n) is 7.53. The van der Waals surface area contributed by atoms with E-state index in [1.165, 1.54) is 16.7 Å². The lowest BCUT2D eigenvalue weighted by molar-refractivity contribution is 0.121. The maximum atomic E-state index is 9.79. The van der Waals surface area contributed by atoms with Crippen LogP contribution in [0.4, 0.5) is 0 Å². The molecule has 7 nitrogen and oxygen atoms in total. The molecule has 8 heteroatoms. The van der Waals surface area contributed by atoms with Gasteiger partial charge in [-0.2, -0.15) is 0 Å². The van der Waals surface area contributed by atoms with E-state index in [-0.39, 0.29) is 11.8 Å². The Kier molecular flexibility index (Phi) is 6.27. The number of nitrogens with zero attached hydrogens (tertiary/aromatic N) is 1. The Morgan fingerprint density at radius 2 is 1.58 bits per heavy atom. The predicted molar refractivity (Wildman–Crippen MR) is 90.8 cm³/mol. The monoisotopic (exact) mass is 353 g/mol. The predicted octanol–water partition coefficient (Wildman–Crippen LogP) is 2.54. The van der Waals surface area contributed by atoms with E-state index in [2.05, 4.69) is 0 Å². The second kappa shape index (κ2) is 8.20. The highest BCUT2D eigenvalue weighted by molar-refractivity contribution is 6.60. The summed E-state index contributed by atoms with van der Waals surface area (Å²) in [6, 6.07) is 10.6. The molecule has 0 aliphatic rings. The van der Waals surface area contributed by atoms with E-state index in [0.29, 0.717) is 30.5 Å². The van der Waals surface area contributed by atoms with Crippen LogP contribution in [0, 0.1) is 0 Å². The summed E-state index contributed by atoms with van der Waals surface area (Å²) >= 11 is 0. The van der Waals surface area contributed by atoms with Crippen molar-refractivity contribution in [1.29, 1.82) is 0 Å². The zero-order chi connectivity index (χ0) is 17.6. The van der Waals surface area contributed by atoms with Gasteiger partial charge in [-0.05, 0) is 18.6 Å². The molecule has 1 aromatic heterocycles. The van der Waals surface area contributed by atoms with Gasteiger partial charge in [0.05, 0.1) is 12.3 Å². The first-order chi connectivity index (χ1) is 11.5. The number of ether oxygens (including phenoxy) is 1. The molecule has 0 bridgehead atoms. The van der Waals surface area contributed by atoms with Gasteiger partial charge in [-0.1, -0.05) is 6.07 Å². The summed E-state index contributed by atoms with van der Waals surface area (Å²) in [5, 5.41) is 19.6.